The van der Waals surface area contributed by atoms with Gasteiger partial charge in [0, 0.05) is 31.1 Å². The zero-order chi connectivity index (χ0) is 15.2. The van der Waals surface area contributed by atoms with Crippen molar-refractivity contribution in [3.63, 3.8) is 0 Å². The third-order valence-corrected chi connectivity index (χ3v) is 5.03. The van der Waals surface area contributed by atoms with Crippen LogP contribution in [0.15, 0.2) is 0 Å². The van der Waals surface area contributed by atoms with Crippen molar-refractivity contribution in [2.45, 2.75) is 59.1 Å². The highest BCUT2D eigenvalue weighted by Crippen LogP contribution is 2.31. The van der Waals surface area contributed by atoms with Gasteiger partial charge in [-0.15, -0.1) is 11.3 Å². The normalized spacial score (nSPS) is 18.6. The second kappa shape index (κ2) is 8.11. The number of rotatable bonds is 8. The Bertz CT molecular complexity index is 427. The van der Waals surface area contributed by atoms with Gasteiger partial charge in [0.2, 0.25) is 0 Å². The Kier molecular flexibility index (Phi) is 6.45. The van der Waals surface area contributed by atoms with Crippen LogP contribution in [0, 0.1) is 0 Å². The summed E-state index contributed by atoms with van der Waals surface area (Å²) in [5, 5.41) is 4.59. The van der Waals surface area contributed by atoms with Gasteiger partial charge in [0.05, 0.1) is 11.8 Å². The van der Waals surface area contributed by atoms with Crippen molar-refractivity contribution >= 4 is 16.5 Å². The highest BCUT2D eigenvalue weighted by atomic mass is 32.1. The maximum absolute atomic E-state index is 5.78. The van der Waals surface area contributed by atoms with E-state index in [-0.39, 0.29) is 0 Å². The van der Waals surface area contributed by atoms with Crippen molar-refractivity contribution in [3.8, 4) is 0 Å². The van der Waals surface area contributed by atoms with Crippen LogP contribution in [0.1, 0.15) is 57.0 Å². The van der Waals surface area contributed by atoms with E-state index in [0.717, 1.165) is 37.9 Å². The second-order valence-corrected chi connectivity index (χ2v) is 6.98. The molecule has 0 spiro atoms. The van der Waals surface area contributed by atoms with Gasteiger partial charge in [0.15, 0.2) is 5.13 Å². The van der Waals surface area contributed by atoms with Crippen LogP contribution in [0.2, 0.25) is 0 Å². The molecule has 1 aromatic heterocycles. The van der Waals surface area contributed by atoms with Crippen molar-refractivity contribution in [1.29, 1.82) is 0 Å². The summed E-state index contributed by atoms with van der Waals surface area (Å²) in [6.45, 7) is 13.6. The Morgan fingerprint density at radius 1 is 1.43 bits per heavy atom. The number of nitrogens with one attached hydrogen (secondary N) is 1. The lowest BCUT2D eigenvalue weighted by molar-refractivity contribution is 0.115. The lowest BCUT2D eigenvalue weighted by atomic mass is 10.1. The number of hydrogen-bond donors (Lipinski definition) is 1. The van der Waals surface area contributed by atoms with E-state index in [1.54, 1.807) is 0 Å². The van der Waals surface area contributed by atoms with Crippen LogP contribution in [-0.4, -0.2) is 37.3 Å². The van der Waals surface area contributed by atoms with Crippen LogP contribution in [0.4, 0.5) is 5.13 Å². The van der Waals surface area contributed by atoms with Crippen molar-refractivity contribution in [3.05, 3.63) is 10.6 Å². The standard InChI is InChI=1S/C16H29N3OS/c1-5-17-10-14-15(12(3)4)18-16(21-14)19(6-2)11-13-8-7-9-20-13/h12-13,17H,5-11H2,1-4H3. The van der Waals surface area contributed by atoms with Gasteiger partial charge < -0.3 is 15.0 Å². The molecule has 1 unspecified atom stereocenters. The second-order valence-electron chi connectivity index (χ2n) is 5.91. The average molecular weight is 311 g/mol. The third kappa shape index (κ3) is 4.41. The number of anilines is 1. The molecule has 2 rings (SSSR count). The SMILES string of the molecule is CCNCc1sc(N(CC)CC2CCCO2)nc1C(C)C. The van der Waals surface area contributed by atoms with E-state index in [4.69, 9.17) is 9.72 Å². The first-order valence-electron chi connectivity index (χ1n) is 8.22. The minimum absolute atomic E-state index is 0.383. The summed E-state index contributed by atoms with van der Waals surface area (Å²) in [5.41, 5.74) is 1.25. The molecule has 0 aliphatic carbocycles. The van der Waals surface area contributed by atoms with Gasteiger partial charge in [0.25, 0.3) is 0 Å². The van der Waals surface area contributed by atoms with E-state index in [1.165, 1.54) is 23.4 Å². The van der Waals surface area contributed by atoms with Crippen LogP contribution >= 0.6 is 11.3 Å². The molecule has 4 nitrogen and oxygen atoms in total. The van der Waals surface area contributed by atoms with Crippen molar-refractivity contribution < 1.29 is 4.74 Å². The maximum atomic E-state index is 5.78. The van der Waals surface area contributed by atoms with E-state index in [9.17, 15) is 0 Å². The number of ether oxygens (including phenoxy) is 1. The molecule has 1 saturated heterocycles. The summed E-state index contributed by atoms with van der Waals surface area (Å²) >= 11 is 1.84. The van der Waals surface area contributed by atoms with E-state index in [0.29, 0.717) is 12.0 Å². The fourth-order valence-electron chi connectivity index (χ4n) is 2.68. The minimum atomic E-state index is 0.383. The first kappa shape index (κ1) is 16.7. The van der Waals surface area contributed by atoms with Gasteiger partial charge in [-0.2, -0.15) is 0 Å². The molecule has 5 heteroatoms. The van der Waals surface area contributed by atoms with E-state index >= 15 is 0 Å². The summed E-state index contributed by atoms with van der Waals surface area (Å²) < 4.78 is 5.78. The van der Waals surface area contributed by atoms with E-state index in [1.807, 2.05) is 11.3 Å². The summed E-state index contributed by atoms with van der Waals surface area (Å²) in [4.78, 5) is 8.68. The molecule has 0 amide bonds. The number of thiazole rings is 1. The number of nitrogens with zero attached hydrogens (tertiary/aromatic N) is 2. The topological polar surface area (TPSA) is 37.4 Å². The molecule has 0 aromatic carbocycles. The van der Waals surface area contributed by atoms with Crippen molar-refractivity contribution in [1.82, 2.24) is 10.3 Å². The van der Waals surface area contributed by atoms with Gasteiger partial charge in [-0.3, -0.25) is 0 Å². The largest absolute Gasteiger partial charge is 0.376 e. The van der Waals surface area contributed by atoms with Crippen LogP contribution in [0.25, 0.3) is 0 Å². The van der Waals surface area contributed by atoms with Gasteiger partial charge in [-0.05, 0) is 32.2 Å². The molecule has 1 aliphatic heterocycles. The van der Waals surface area contributed by atoms with Crippen LogP contribution in [0.3, 0.4) is 0 Å². The molecule has 0 bridgehead atoms. The molecule has 1 aliphatic rings. The molecular formula is C16H29N3OS. The van der Waals surface area contributed by atoms with Crippen LogP contribution in [-0.2, 0) is 11.3 Å². The number of aromatic nitrogens is 1. The van der Waals surface area contributed by atoms with Crippen molar-refractivity contribution in [2.24, 2.45) is 0 Å². The molecule has 1 N–H and O–H groups in total. The first-order chi connectivity index (χ1) is 10.2. The van der Waals surface area contributed by atoms with E-state index in [2.05, 4.69) is 37.9 Å². The molecule has 0 saturated carbocycles. The monoisotopic (exact) mass is 311 g/mol. The highest BCUT2D eigenvalue weighted by Gasteiger charge is 2.22. The highest BCUT2D eigenvalue weighted by molar-refractivity contribution is 7.15. The minimum Gasteiger partial charge on any atom is -0.376 e. The molecule has 1 aromatic rings. The lowest BCUT2D eigenvalue weighted by Gasteiger charge is -2.23. The smallest absolute Gasteiger partial charge is 0.185 e. The Hall–Kier alpha value is -0.650. The third-order valence-electron chi connectivity index (χ3n) is 3.90. The Morgan fingerprint density at radius 2 is 2.24 bits per heavy atom. The molecule has 0 radical (unpaired) electrons. The maximum Gasteiger partial charge on any atom is 0.185 e. The molecule has 1 atom stereocenters. The van der Waals surface area contributed by atoms with Gasteiger partial charge in [-0.1, -0.05) is 20.8 Å². The fraction of sp³-hybridized carbons (Fsp3) is 0.812. The number of hydrogen-bond acceptors (Lipinski definition) is 5. The summed E-state index contributed by atoms with van der Waals surface area (Å²) in [6, 6.07) is 0. The van der Waals surface area contributed by atoms with Crippen LogP contribution in [0.5, 0.6) is 0 Å². The Morgan fingerprint density at radius 3 is 2.81 bits per heavy atom. The van der Waals surface area contributed by atoms with E-state index < -0.39 is 0 Å². The summed E-state index contributed by atoms with van der Waals surface area (Å²) in [6.07, 6.45) is 2.76. The zero-order valence-corrected chi connectivity index (χ0v) is 14.6. The molecule has 21 heavy (non-hydrogen) atoms. The molecule has 1 fully saturated rings. The predicted octanol–water partition coefficient (Wildman–Crippen LogP) is 3.38. The van der Waals surface area contributed by atoms with Crippen LogP contribution < -0.4 is 10.2 Å². The first-order valence-corrected chi connectivity index (χ1v) is 9.04. The van der Waals surface area contributed by atoms with Gasteiger partial charge in [0.1, 0.15) is 0 Å². The van der Waals surface area contributed by atoms with Gasteiger partial charge in [-0.25, -0.2) is 4.98 Å². The zero-order valence-electron chi connectivity index (χ0n) is 13.8. The fourth-order valence-corrected chi connectivity index (χ4v) is 3.94. The number of likely N-dealkylation sites (N-methyl/N-ethyl adjacent to an activating group) is 1. The molecule has 120 valence electrons. The molecule has 2 heterocycles. The Balaban J connectivity index is 2.11. The molecular weight excluding hydrogens is 282 g/mol. The predicted molar refractivity (Wildman–Crippen MR) is 90.4 cm³/mol. The lowest BCUT2D eigenvalue weighted by Crippen LogP contribution is -2.31. The summed E-state index contributed by atoms with van der Waals surface area (Å²) in [5.74, 6) is 0.477. The quantitative estimate of drug-likeness (QED) is 0.798. The van der Waals surface area contributed by atoms with Crippen molar-refractivity contribution in [2.75, 3.05) is 31.1 Å². The summed E-state index contributed by atoms with van der Waals surface area (Å²) in [7, 11) is 0. The Labute approximate surface area is 132 Å². The van der Waals surface area contributed by atoms with Gasteiger partial charge >= 0.3 is 0 Å². The average Bonchev–Trinajstić information content (AvgIpc) is 3.11.